The van der Waals surface area contributed by atoms with Crippen LogP contribution in [0.5, 0.6) is 0 Å². The standard InChI is InChI=1S/C38H42N4O8S2/c1-17-23(7-9-33(43)44)29-14-30-24(8-10-34(45)46)18(2)26(40-30)12-31-38(22(6)52-16-36(49)50)20(4)28(42-31)13-32-37(21(5)51-15-35(47)48)19(3)27(41-32)11-25(17)39-29/h11-14,21-22,41-42H,7-10,15-16H2,1-6H3,(H,43,44)(H,45,46)(H,47,48)(H,49,50). The monoisotopic (exact) mass is 746 g/mol. The van der Waals surface area contributed by atoms with Gasteiger partial charge in [0.25, 0.3) is 0 Å². The van der Waals surface area contributed by atoms with Crippen molar-refractivity contribution < 1.29 is 39.6 Å². The molecule has 2 atom stereocenters. The Kier molecular flexibility index (Phi) is 11.7. The number of H-pyrrole nitrogens is 2. The maximum Gasteiger partial charge on any atom is 0.313 e. The van der Waals surface area contributed by atoms with E-state index in [0.717, 1.165) is 66.6 Å². The van der Waals surface area contributed by atoms with E-state index in [-0.39, 0.29) is 47.7 Å². The summed E-state index contributed by atoms with van der Waals surface area (Å²) in [5, 5.41) is 37.7. The first-order chi connectivity index (χ1) is 24.5. The summed E-state index contributed by atoms with van der Waals surface area (Å²) in [5.41, 5.74) is 12.2. The number of carboxylic acids is 4. The van der Waals surface area contributed by atoms with Gasteiger partial charge in [0.1, 0.15) is 0 Å². The summed E-state index contributed by atoms with van der Waals surface area (Å²) in [4.78, 5) is 63.6. The van der Waals surface area contributed by atoms with Crippen LogP contribution in [0.3, 0.4) is 0 Å². The molecule has 0 saturated carbocycles. The number of aryl methyl sites for hydroxylation is 2. The number of carboxylic acid groups (broad SMARTS) is 4. The van der Waals surface area contributed by atoms with Gasteiger partial charge in [-0.3, -0.25) is 19.2 Å². The van der Waals surface area contributed by atoms with Gasteiger partial charge in [0.05, 0.1) is 34.3 Å². The molecule has 6 N–H and O–H groups in total. The van der Waals surface area contributed by atoms with Gasteiger partial charge in [-0.25, -0.2) is 9.97 Å². The van der Waals surface area contributed by atoms with Gasteiger partial charge in [-0.1, -0.05) is 0 Å². The Labute approximate surface area is 308 Å². The third-order valence-corrected chi connectivity index (χ3v) is 11.8. The molecule has 0 aliphatic carbocycles. The molecule has 5 rings (SSSR count). The van der Waals surface area contributed by atoms with Crippen molar-refractivity contribution in [3.05, 3.63) is 69.3 Å². The van der Waals surface area contributed by atoms with E-state index in [9.17, 15) is 39.6 Å². The molecule has 52 heavy (non-hydrogen) atoms. The molecule has 0 fully saturated rings. The zero-order valence-corrected chi connectivity index (χ0v) is 31.5. The lowest BCUT2D eigenvalue weighted by molar-refractivity contribution is -0.137. The molecule has 2 unspecified atom stereocenters. The number of hydrogen-bond acceptors (Lipinski definition) is 8. The largest absolute Gasteiger partial charge is 0.481 e. The first-order valence-electron chi connectivity index (χ1n) is 16.8. The van der Waals surface area contributed by atoms with Gasteiger partial charge in [-0.15, -0.1) is 23.5 Å². The SMILES string of the molecule is CC1=C(CCC(=O)O)c2cc3nc(cc4[nH]c(cc5[nH]c(cc1n2)c(C)c5C(C)SCC(=O)O)c(C)c4C(C)SCC(=O)O)C(C)=C3CCC(=O)O. The number of rotatable bonds is 14. The number of nitrogens with zero attached hydrogens (tertiary/aromatic N) is 2. The van der Waals surface area contributed by atoms with Crippen LogP contribution in [0.25, 0.3) is 44.4 Å². The van der Waals surface area contributed by atoms with E-state index in [1.807, 2.05) is 65.8 Å². The number of nitrogens with one attached hydrogen (secondary N) is 2. The average molecular weight is 747 g/mol. The molecular formula is C38H42N4O8S2. The Morgan fingerprint density at radius 3 is 1.37 bits per heavy atom. The highest BCUT2D eigenvalue weighted by atomic mass is 32.2. The molecule has 3 aromatic rings. The molecule has 0 aromatic carbocycles. The fourth-order valence-electron chi connectivity index (χ4n) is 6.85. The summed E-state index contributed by atoms with van der Waals surface area (Å²) < 4.78 is 0. The van der Waals surface area contributed by atoms with Crippen molar-refractivity contribution in [1.82, 2.24) is 19.9 Å². The number of aliphatic carboxylic acids is 4. The van der Waals surface area contributed by atoms with Gasteiger partial charge < -0.3 is 30.4 Å². The maximum atomic E-state index is 11.7. The quantitative estimate of drug-likeness (QED) is 0.0922. The van der Waals surface area contributed by atoms with E-state index in [4.69, 9.17) is 9.97 Å². The third-order valence-electron chi connectivity index (χ3n) is 9.54. The predicted molar refractivity (Wildman–Crippen MR) is 206 cm³/mol. The van der Waals surface area contributed by atoms with Gasteiger partial charge >= 0.3 is 23.9 Å². The first kappa shape index (κ1) is 38.4. The summed E-state index contributed by atoms with van der Waals surface area (Å²) in [5.74, 6) is -3.89. The van der Waals surface area contributed by atoms with Crippen molar-refractivity contribution in [2.75, 3.05) is 11.5 Å². The van der Waals surface area contributed by atoms with E-state index in [1.54, 1.807) is 0 Å². The van der Waals surface area contributed by atoms with Crippen LogP contribution in [0.15, 0.2) is 24.3 Å². The van der Waals surface area contributed by atoms with Gasteiger partial charge in [0, 0.05) is 45.4 Å². The molecule has 0 amide bonds. The zero-order valence-electron chi connectivity index (χ0n) is 29.8. The second-order valence-corrected chi connectivity index (χ2v) is 15.7. The Hall–Kier alpha value is -4.82. The lowest BCUT2D eigenvalue weighted by Gasteiger charge is -2.11. The van der Waals surface area contributed by atoms with Crippen LogP contribution in [-0.2, 0) is 19.2 Å². The fourth-order valence-corrected chi connectivity index (χ4v) is 8.57. The van der Waals surface area contributed by atoms with Crippen LogP contribution in [0, 0.1) is 13.8 Å². The molecule has 0 radical (unpaired) electrons. The normalized spacial score (nSPS) is 14.1. The molecule has 2 aliphatic heterocycles. The van der Waals surface area contributed by atoms with Crippen LogP contribution < -0.4 is 0 Å². The minimum Gasteiger partial charge on any atom is -0.481 e. The second-order valence-electron chi connectivity index (χ2n) is 13.0. The molecule has 0 spiro atoms. The molecule has 3 aromatic heterocycles. The van der Waals surface area contributed by atoms with Crippen LogP contribution in [0.2, 0.25) is 0 Å². The van der Waals surface area contributed by atoms with E-state index in [2.05, 4.69) is 9.97 Å². The van der Waals surface area contributed by atoms with Crippen molar-refractivity contribution in [2.45, 2.75) is 77.7 Å². The van der Waals surface area contributed by atoms with E-state index in [1.165, 1.54) is 23.5 Å². The maximum absolute atomic E-state index is 11.7. The first-order valence-corrected chi connectivity index (χ1v) is 18.9. The Morgan fingerprint density at radius 1 is 0.577 bits per heavy atom. The minimum atomic E-state index is -0.945. The highest BCUT2D eigenvalue weighted by Crippen LogP contribution is 2.41. The van der Waals surface area contributed by atoms with Gasteiger partial charge in [0.15, 0.2) is 0 Å². The average Bonchev–Trinajstić information content (AvgIpc) is 3.73. The van der Waals surface area contributed by atoms with Gasteiger partial charge in [0.2, 0.25) is 0 Å². The lowest BCUT2D eigenvalue weighted by Crippen LogP contribution is -2.01. The molecule has 0 saturated heterocycles. The summed E-state index contributed by atoms with van der Waals surface area (Å²) >= 11 is 2.61. The van der Waals surface area contributed by atoms with Crippen molar-refractivity contribution in [3.63, 3.8) is 0 Å². The number of hydrogen-bond donors (Lipinski definition) is 6. The smallest absolute Gasteiger partial charge is 0.313 e. The number of fused-ring (bicyclic) bond motifs is 8. The third kappa shape index (κ3) is 8.28. The summed E-state index contributed by atoms with van der Waals surface area (Å²) in [6, 6.07) is 7.63. The summed E-state index contributed by atoms with van der Waals surface area (Å²) in [7, 11) is 0. The fraction of sp³-hybridized carbons (Fsp3) is 0.368. The number of aromatic nitrogens is 4. The number of thioether (sulfide) groups is 2. The van der Waals surface area contributed by atoms with E-state index < -0.39 is 23.9 Å². The van der Waals surface area contributed by atoms with E-state index in [0.29, 0.717) is 22.8 Å². The molecular weight excluding hydrogens is 705 g/mol. The molecule has 2 aliphatic rings. The Bertz CT molecular complexity index is 2210. The van der Waals surface area contributed by atoms with Crippen LogP contribution in [0.1, 0.15) is 109 Å². The molecule has 274 valence electrons. The predicted octanol–water partition coefficient (Wildman–Crippen LogP) is 8.28. The minimum absolute atomic E-state index is 0.0781. The molecule has 5 heterocycles. The lowest BCUT2D eigenvalue weighted by atomic mass is 9.98. The highest BCUT2D eigenvalue weighted by molar-refractivity contribution is 8.00. The molecule has 12 nitrogen and oxygen atoms in total. The second kappa shape index (κ2) is 15.8. The molecule has 14 heteroatoms. The Morgan fingerprint density at radius 2 is 0.962 bits per heavy atom. The van der Waals surface area contributed by atoms with Crippen LogP contribution in [-0.4, -0.2) is 75.7 Å². The number of allylic oxidation sites excluding steroid dienone is 4. The molecule has 8 bridgehead atoms. The van der Waals surface area contributed by atoms with Crippen molar-refractivity contribution >= 4 is 91.8 Å². The summed E-state index contributed by atoms with van der Waals surface area (Å²) in [6.45, 7) is 11.7. The Balaban J connectivity index is 1.92. The zero-order chi connectivity index (χ0) is 38.0. The van der Waals surface area contributed by atoms with Crippen LogP contribution >= 0.6 is 23.5 Å². The van der Waals surface area contributed by atoms with Crippen molar-refractivity contribution in [3.8, 4) is 0 Å². The van der Waals surface area contributed by atoms with Crippen molar-refractivity contribution in [1.29, 1.82) is 0 Å². The van der Waals surface area contributed by atoms with E-state index >= 15 is 0 Å². The topological polar surface area (TPSA) is 207 Å². The van der Waals surface area contributed by atoms with Crippen molar-refractivity contribution in [2.24, 2.45) is 0 Å². The number of aromatic amines is 2. The highest BCUT2D eigenvalue weighted by Gasteiger charge is 2.24. The number of carbonyl (C=O) groups is 4. The van der Waals surface area contributed by atoms with Crippen LogP contribution in [0.4, 0.5) is 0 Å². The van der Waals surface area contributed by atoms with Gasteiger partial charge in [-0.2, -0.15) is 0 Å². The summed E-state index contributed by atoms with van der Waals surface area (Å²) in [6.07, 6.45) is 0.235. The van der Waals surface area contributed by atoms with Gasteiger partial charge in [-0.05, 0) is 123 Å².